The number of methoxy groups -OCH3 is 1. The van der Waals surface area contributed by atoms with Crippen LogP contribution in [0.2, 0.25) is 5.02 Å². The zero-order valence-electron chi connectivity index (χ0n) is 10.4. The van der Waals surface area contributed by atoms with Crippen LogP contribution in [0.3, 0.4) is 0 Å². The fraction of sp³-hybridized carbons (Fsp3) is 0.143. The Hall–Kier alpha value is -1.62. The summed E-state index contributed by atoms with van der Waals surface area (Å²) in [5.41, 5.74) is 3.83. The highest BCUT2D eigenvalue weighted by Crippen LogP contribution is 2.28. The predicted molar refractivity (Wildman–Crippen MR) is 73.6 cm³/mol. The van der Waals surface area contributed by atoms with Gasteiger partial charge in [0.2, 0.25) is 0 Å². The lowest BCUT2D eigenvalue weighted by molar-refractivity contribution is 0.414. The van der Waals surface area contributed by atoms with Crippen molar-refractivity contribution >= 4 is 11.6 Å². The third-order valence-electron chi connectivity index (χ3n) is 2.91. The van der Waals surface area contributed by atoms with Crippen LogP contribution in [0.15, 0.2) is 42.5 Å². The summed E-state index contributed by atoms with van der Waals surface area (Å²) in [6.45, 7) is 0. The quantitative estimate of drug-likeness (QED) is 0.668. The smallest absolute Gasteiger partial charge is 0.146 e. The van der Waals surface area contributed by atoms with Crippen LogP contribution in [0, 0.1) is 5.82 Å². The van der Waals surface area contributed by atoms with Crippen molar-refractivity contribution in [3.8, 4) is 5.75 Å². The number of hydrogen-bond acceptors (Lipinski definition) is 3. The molecule has 2 rings (SSSR count). The fourth-order valence-corrected chi connectivity index (χ4v) is 2.09. The Bertz CT molecular complexity index is 560. The Morgan fingerprint density at radius 2 is 1.89 bits per heavy atom. The zero-order chi connectivity index (χ0) is 13.8. The maximum Gasteiger partial charge on any atom is 0.146 e. The molecule has 2 aromatic carbocycles. The summed E-state index contributed by atoms with van der Waals surface area (Å²) in [7, 11) is 1.59. The SMILES string of the molecule is COc1ccc(C(NN)c2cccc(Cl)c2F)cc1. The number of rotatable bonds is 4. The topological polar surface area (TPSA) is 47.3 Å². The van der Waals surface area contributed by atoms with Crippen molar-refractivity contribution in [1.82, 2.24) is 5.43 Å². The van der Waals surface area contributed by atoms with E-state index in [9.17, 15) is 4.39 Å². The van der Waals surface area contributed by atoms with Gasteiger partial charge in [-0.15, -0.1) is 0 Å². The van der Waals surface area contributed by atoms with Crippen LogP contribution in [-0.4, -0.2) is 7.11 Å². The zero-order valence-corrected chi connectivity index (χ0v) is 11.1. The molecule has 100 valence electrons. The molecule has 0 radical (unpaired) electrons. The van der Waals surface area contributed by atoms with Crippen molar-refractivity contribution in [2.45, 2.75) is 6.04 Å². The summed E-state index contributed by atoms with van der Waals surface area (Å²) in [6.07, 6.45) is 0. The Kier molecular flexibility index (Phi) is 4.37. The van der Waals surface area contributed by atoms with Gasteiger partial charge in [-0.25, -0.2) is 9.82 Å². The predicted octanol–water partition coefficient (Wildman–Crippen LogP) is 3.04. The van der Waals surface area contributed by atoms with Crippen molar-refractivity contribution in [2.75, 3.05) is 7.11 Å². The summed E-state index contributed by atoms with van der Waals surface area (Å²) in [5, 5.41) is 0.0752. The van der Waals surface area contributed by atoms with E-state index in [2.05, 4.69) is 5.43 Å². The molecular weight excluding hydrogens is 267 g/mol. The number of benzene rings is 2. The number of hydrogen-bond donors (Lipinski definition) is 2. The second-order valence-corrected chi connectivity index (χ2v) is 4.42. The molecule has 0 aromatic heterocycles. The van der Waals surface area contributed by atoms with Crippen molar-refractivity contribution in [3.05, 3.63) is 64.4 Å². The van der Waals surface area contributed by atoms with Gasteiger partial charge >= 0.3 is 0 Å². The van der Waals surface area contributed by atoms with E-state index in [0.717, 1.165) is 11.3 Å². The highest BCUT2D eigenvalue weighted by Gasteiger charge is 2.18. The molecule has 0 saturated heterocycles. The Labute approximate surface area is 116 Å². The van der Waals surface area contributed by atoms with Gasteiger partial charge in [0.25, 0.3) is 0 Å². The molecule has 0 aliphatic carbocycles. The number of ether oxygens (including phenoxy) is 1. The third-order valence-corrected chi connectivity index (χ3v) is 3.20. The van der Waals surface area contributed by atoms with E-state index in [4.69, 9.17) is 22.2 Å². The number of hydrazine groups is 1. The van der Waals surface area contributed by atoms with Crippen molar-refractivity contribution in [3.63, 3.8) is 0 Å². The van der Waals surface area contributed by atoms with Gasteiger partial charge in [0.05, 0.1) is 18.2 Å². The standard InChI is InChI=1S/C14H14ClFN2O/c1-19-10-7-5-9(6-8-10)14(18-17)11-3-2-4-12(15)13(11)16/h2-8,14,18H,17H2,1H3. The second-order valence-electron chi connectivity index (χ2n) is 4.02. The normalized spacial score (nSPS) is 12.2. The Balaban J connectivity index is 2.40. The van der Waals surface area contributed by atoms with Crippen LogP contribution in [0.25, 0.3) is 0 Å². The highest BCUT2D eigenvalue weighted by atomic mass is 35.5. The van der Waals surface area contributed by atoms with Crippen molar-refractivity contribution in [2.24, 2.45) is 5.84 Å². The van der Waals surface area contributed by atoms with Gasteiger partial charge in [0.1, 0.15) is 11.6 Å². The molecule has 2 aromatic rings. The first-order chi connectivity index (χ1) is 9.17. The maximum atomic E-state index is 14.0. The molecule has 1 unspecified atom stereocenters. The molecule has 0 heterocycles. The van der Waals surface area contributed by atoms with E-state index >= 15 is 0 Å². The van der Waals surface area contributed by atoms with E-state index in [1.807, 2.05) is 12.1 Å². The lowest BCUT2D eigenvalue weighted by Gasteiger charge is -2.18. The summed E-state index contributed by atoms with van der Waals surface area (Å²) in [4.78, 5) is 0. The van der Waals surface area contributed by atoms with Crippen LogP contribution in [-0.2, 0) is 0 Å². The van der Waals surface area contributed by atoms with Crippen LogP contribution < -0.4 is 16.0 Å². The van der Waals surface area contributed by atoms with E-state index in [0.29, 0.717) is 5.56 Å². The minimum absolute atomic E-state index is 0.0752. The van der Waals surface area contributed by atoms with Gasteiger partial charge in [-0.2, -0.15) is 0 Å². The number of nitrogens with two attached hydrogens (primary N) is 1. The van der Waals surface area contributed by atoms with Crippen LogP contribution in [0.5, 0.6) is 5.75 Å². The van der Waals surface area contributed by atoms with Crippen LogP contribution in [0.1, 0.15) is 17.2 Å². The highest BCUT2D eigenvalue weighted by molar-refractivity contribution is 6.30. The van der Waals surface area contributed by atoms with Crippen LogP contribution >= 0.6 is 11.6 Å². The average molecular weight is 281 g/mol. The van der Waals surface area contributed by atoms with E-state index in [-0.39, 0.29) is 5.02 Å². The molecule has 0 bridgehead atoms. The molecule has 1 atom stereocenters. The summed E-state index contributed by atoms with van der Waals surface area (Å²) < 4.78 is 19.1. The minimum Gasteiger partial charge on any atom is -0.497 e. The van der Waals surface area contributed by atoms with Gasteiger partial charge in [-0.05, 0) is 23.8 Å². The molecule has 0 amide bonds. The summed E-state index contributed by atoms with van der Waals surface area (Å²) >= 11 is 5.79. The number of nitrogens with one attached hydrogen (secondary N) is 1. The Morgan fingerprint density at radius 3 is 2.47 bits per heavy atom. The van der Waals surface area contributed by atoms with Crippen LogP contribution in [0.4, 0.5) is 4.39 Å². The van der Waals surface area contributed by atoms with Crippen molar-refractivity contribution < 1.29 is 9.13 Å². The molecule has 0 saturated carbocycles. The molecule has 0 aliphatic rings. The van der Waals surface area contributed by atoms with Gasteiger partial charge in [-0.1, -0.05) is 35.9 Å². The van der Waals surface area contributed by atoms with Gasteiger partial charge < -0.3 is 4.74 Å². The second kappa shape index (κ2) is 6.02. The third kappa shape index (κ3) is 2.87. The summed E-state index contributed by atoms with van der Waals surface area (Å²) in [5.74, 6) is 5.79. The monoisotopic (exact) mass is 280 g/mol. The lowest BCUT2D eigenvalue weighted by atomic mass is 9.99. The minimum atomic E-state index is -0.470. The lowest BCUT2D eigenvalue weighted by Crippen LogP contribution is -2.29. The molecule has 0 aliphatic heterocycles. The number of halogens is 2. The Morgan fingerprint density at radius 1 is 1.21 bits per heavy atom. The molecule has 0 fully saturated rings. The average Bonchev–Trinajstić information content (AvgIpc) is 2.45. The fourth-order valence-electron chi connectivity index (χ4n) is 1.91. The van der Waals surface area contributed by atoms with E-state index in [1.165, 1.54) is 6.07 Å². The molecule has 19 heavy (non-hydrogen) atoms. The first-order valence-electron chi connectivity index (χ1n) is 5.71. The first-order valence-corrected chi connectivity index (χ1v) is 6.09. The molecular formula is C14H14ClFN2O. The molecule has 0 spiro atoms. The first kappa shape index (κ1) is 13.8. The van der Waals surface area contributed by atoms with E-state index < -0.39 is 11.9 Å². The largest absolute Gasteiger partial charge is 0.497 e. The maximum absolute atomic E-state index is 14.0. The molecule has 5 heteroatoms. The molecule has 3 nitrogen and oxygen atoms in total. The van der Waals surface area contributed by atoms with Gasteiger partial charge in [0, 0.05) is 5.56 Å². The van der Waals surface area contributed by atoms with E-state index in [1.54, 1.807) is 31.4 Å². The molecule has 3 N–H and O–H groups in total. The summed E-state index contributed by atoms with van der Waals surface area (Å²) in [6, 6.07) is 11.6. The van der Waals surface area contributed by atoms with Crippen molar-refractivity contribution in [1.29, 1.82) is 0 Å². The van der Waals surface area contributed by atoms with Gasteiger partial charge in [0.15, 0.2) is 0 Å². The van der Waals surface area contributed by atoms with Gasteiger partial charge in [-0.3, -0.25) is 5.84 Å².